The molecule has 2 aliphatic rings. The highest BCUT2D eigenvalue weighted by atomic mass is 16.5. The zero-order chi connectivity index (χ0) is 14.7. The number of carbonyl (C=O) groups is 1. The van der Waals surface area contributed by atoms with E-state index in [1.54, 1.807) is 13.2 Å². The molecule has 1 saturated carbocycles. The molecule has 1 amide bonds. The van der Waals surface area contributed by atoms with Crippen molar-refractivity contribution in [2.45, 2.75) is 38.1 Å². The summed E-state index contributed by atoms with van der Waals surface area (Å²) in [7, 11) is 1.59. The first-order valence-corrected chi connectivity index (χ1v) is 7.67. The molecule has 0 atom stereocenters. The Labute approximate surface area is 124 Å². The number of ether oxygens (including phenoxy) is 1. The van der Waals surface area contributed by atoms with Gasteiger partial charge in [-0.15, -0.1) is 0 Å². The number of likely N-dealkylation sites (tertiary alicyclic amines) is 1. The van der Waals surface area contributed by atoms with E-state index in [-0.39, 0.29) is 0 Å². The third-order valence-electron chi connectivity index (χ3n) is 4.46. The topological polar surface area (TPSA) is 67.3 Å². The van der Waals surface area contributed by atoms with E-state index in [4.69, 9.17) is 4.74 Å². The summed E-state index contributed by atoms with van der Waals surface area (Å²) in [5.41, 5.74) is 0. The van der Waals surface area contributed by atoms with Gasteiger partial charge in [-0.3, -0.25) is 4.79 Å². The first kappa shape index (κ1) is 14.1. The van der Waals surface area contributed by atoms with Crippen molar-refractivity contribution >= 4 is 11.7 Å². The third-order valence-corrected chi connectivity index (χ3v) is 4.46. The van der Waals surface area contributed by atoms with Crippen LogP contribution in [0.5, 0.6) is 5.88 Å². The van der Waals surface area contributed by atoms with Gasteiger partial charge in [-0.1, -0.05) is 6.42 Å². The van der Waals surface area contributed by atoms with Gasteiger partial charge in [-0.05, 0) is 25.7 Å². The smallest absolute Gasteiger partial charge is 0.225 e. The second kappa shape index (κ2) is 6.28. The van der Waals surface area contributed by atoms with Crippen molar-refractivity contribution in [2.24, 2.45) is 5.92 Å². The molecule has 1 aromatic heterocycles. The Morgan fingerprint density at radius 3 is 2.67 bits per heavy atom. The molecule has 6 nitrogen and oxygen atoms in total. The molecule has 21 heavy (non-hydrogen) atoms. The molecule has 1 saturated heterocycles. The van der Waals surface area contributed by atoms with Crippen LogP contribution in [0.4, 0.5) is 5.82 Å². The Kier molecular flexibility index (Phi) is 4.22. The van der Waals surface area contributed by atoms with E-state index in [9.17, 15) is 4.79 Å². The maximum absolute atomic E-state index is 12.2. The van der Waals surface area contributed by atoms with Crippen LogP contribution in [0.2, 0.25) is 0 Å². The molecule has 114 valence electrons. The van der Waals surface area contributed by atoms with Gasteiger partial charge in [0.05, 0.1) is 7.11 Å². The van der Waals surface area contributed by atoms with E-state index in [2.05, 4.69) is 15.3 Å². The lowest BCUT2D eigenvalue weighted by Crippen LogP contribution is -2.46. The molecule has 0 spiro atoms. The van der Waals surface area contributed by atoms with Gasteiger partial charge >= 0.3 is 0 Å². The van der Waals surface area contributed by atoms with Gasteiger partial charge in [-0.2, -0.15) is 0 Å². The predicted molar refractivity (Wildman–Crippen MR) is 79.1 cm³/mol. The SMILES string of the molecule is COc1cc(NC2CCN(C(=O)C3CCC3)CC2)ncn1. The molecule has 6 heteroatoms. The fourth-order valence-corrected chi connectivity index (χ4v) is 2.90. The number of nitrogens with one attached hydrogen (secondary N) is 1. The Morgan fingerprint density at radius 1 is 1.29 bits per heavy atom. The average Bonchev–Trinajstić information content (AvgIpc) is 2.46. The number of amides is 1. The van der Waals surface area contributed by atoms with E-state index >= 15 is 0 Å². The van der Waals surface area contributed by atoms with Gasteiger partial charge in [0, 0.05) is 31.1 Å². The van der Waals surface area contributed by atoms with Gasteiger partial charge in [-0.25, -0.2) is 9.97 Å². The molecule has 0 aromatic carbocycles. The van der Waals surface area contributed by atoms with Crippen molar-refractivity contribution in [3.63, 3.8) is 0 Å². The minimum Gasteiger partial charge on any atom is -0.481 e. The lowest BCUT2D eigenvalue weighted by atomic mass is 9.84. The summed E-state index contributed by atoms with van der Waals surface area (Å²) >= 11 is 0. The fraction of sp³-hybridized carbons (Fsp3) is 0.667. The van der Waals surface area contributed by atoms with E-state index in [0.717, 1.165) is 44.6 Å². The van der Waals surface area contributed by atoms with Gasteiger partial charge < -0.3 is 15.0 Å². The highest BCUT2D eigenvalue weighted by molar-refractivity contribution is 5.79. The van der Waals surface area contributed by atoms with E-state index in [1.165, 1.54) is 12.7 Å². The van der Waals surface area contributed by atoms with Crippen LogP contribution in [0.1, 0.15) is 32.1 Å². The van der Waals surface area contributed by atoms with Gasteiger partial charge in [0.25, 0.3) is 0 Å². The highest BCUT2D eigenvalue weighted by Crippen LogP contribution is 2.29. The standard InChI is InChI=1S/C15H22N4O2/c1-21-14-9-13(16-10-17-14)18-12-5-7-19(8-6-12)15(20)11-3-2-4-11/h9-12H,2-8H2,1H3,(H,16,17,18). The molecule has 0 bridgehead atoms. The average molecular weight is 290 g/mol. The van der Waals surface area contributed by atoms with Crippen LogP contribution >= 0.6 is 0 Å². The first-order chi connectivity index (χ1) is 10.3. The summed E-state index contributed by atoms with van der Waals surface area (Å²) in [6.07, 6.45) is 6.80. The Hall–Kier alpha value is -1.85. The predicted octanol–water partition coefficient (Wildman–Crippen LogP) is 1.69. The number of rotatable bonds is 4. The normalized spacial score (nSPS) is 20.0. The molecule has 2 heterocycles. The molecule has 3 rings (SSSR count). The first-order valence-electron chi connectivity index (χ1n) is 7.67. The maximum atomic E-state index is 12.2. The van der Waals surface area contributed by atoms with Crippen LogP contribution in [-0.2, 0) is 4.79 Å². The summed E-state index contributed by atoms with van der Waals surface area (Å²) in [4.78, 5) is 22.4. The minimum atomic E-state index is 0.306. The third kappa shape index (κ3) is 3.25. The molecule has 1 aliphatic carbocycles. The zero-order valence-corrected chi connectivity index (χ0v) is 12.4. The second-order valence-corrected chi connectivity index (χ2v) is 5.82. The van der Waals surface area contributed by atoms with E-state index in [1.807, 2.05) is 4.90 Å². The quantitative estimate of drug-likeness (QED) is 0.914. The van der Waals surface area contributed by atoms with Crippen LogP contribution in [-0.4, -0.2) is 47.0 Å². The van der Waals surface area contributed by atoms with E-state index < -0.39 is 0 Å². The minimum absolute atomic E-state index is 0.306. The molecule has 2 fully saturated rings. The fourth-order valence-electron chi connectivity index (χ4n) is 2.90. The van der Waals surface area contributed by atoms with Crippen molar-refractivity contribution in [2.75, 3.05) is 25.5 Å². The number of carbonyl (C=O) groups excluding carboxylic acids is 1. The Bertz CT molecular complexity index is 496. The number of piperidine rings is 1. The summed E-state index contributed by atoms with van der Waals surface area (Å²) in [6, 6.07) is 2.15. The number of nitrogens with zero attached hydrogens (tertiary/aromatic N) is 3. The second-order valence-electron chi connectivity index (χ2n) is 5.82. The number of aromatic nitrogens is 2. The van der Waals surface area contributed by atoms with Crippen molar-refractivity contribution in [1.82, 2.24) is 14.9 Å². The van der Waals surface area contributed by atoms with Crippen molar-refractivity contribution in [1.29, 1.82) is 0 Å². The molecule has 1 aliphatic heterocycles. The monoisotopic (exact) mass is 290 g/mol. The number of hydrogen-bond donors (Lipinski definition) is 1. The van der Waals surface area contributed by atoms with Gasteiger partial charge in [0.15, 0.2) is 0 Å². The molecular formula is C15H22N4O2. The molecule has 1 aromatic rings. The lowest BCUT2D eigenvalue weighted by molar-refractivity contribution is -0.139. The molecule has 0 radical (unpaired) electrons. The summed E-state index contributed by atoms with van der Waals surface area (Å²) in [5, 5.41) is 3.40. The van der Waals surface area contributed by atoms with E-state index in [0.29, 0.717) is 23.7 Å². The highest BCUT2D eigenvalue weighted by Gasteiger charge is 2.31. The summed E-state index contributed by atoms with van der Waals surface area (Å²) < 4.78 is 5.09. The number of methoxy groups -OCH3 is 1. The number of hydrogen-bond acceptors (Lipinski definition) is 5. The summed E-state index contributed by atoms with van der Waals surface area (Å²) in [5.74, 6) is 2.01. The Morgan fingerprint density at radius 2 is 2.05 bits per heavy atom. The van der Waals surface area contributed by atoms with Gasteiger partial charge in [0.2, 0.25) is 11.8 Å². The van der Waals surface area contributed by atoms with Crippen molar-refractivity contribution < 1.29 is 9.53 Å². The number of anilines is 1. The van der Waals surface area contributed by atoms with Crippen LogP contribution in [0.15, 0.2) is 12.4 Å². The van der Waals surface area contributed by atoms with Gasteiger partial charge in [0.1, 0.15) is 12.1 Å². The van der Waals surface area contributed by atoms with Crippen LogP contribution in [0.25, 0.3) is 0 Å². The molecule has 0 unspecified atom stereocenters. The Balaban J connectivity index is 1.50. The van der Waals surface area contributed by atoms with Crippen LogP contribution in [0.3, 0.4) is 0 Å². The maximum Gasteiger partial charge on any atom is 0.225 e. The zero-order valence-electron chi connectivity index (χ0n) is 12.4. The lowest BCUT2D eigenvalue weighted by Gasteiger charge is -2.36. The van der Waals surface area contributed by atoms with Crippen molar-refractivity contribution in [3.8, 4) is 5.88 Å². The largest absolute Gasteiger partial charge is 0.481 e. The molecule has 1 N–H and O–H groups in total. The summed E-state index contributed by atoms with van der Waals surface area (Å²) in [6.45, 7) is 1.68. The van der Waals surface area contributed by atoms with Crippen LogP contribution in [0, 0.1) is 5.92 Å². The van der Waals surface area contributed by atoms with Crippen LogP contribution < -0.4 is 10.1 Å². The molecular weight excluding hydrogens is 268 g/mol. The van der Waals surface area contributed by atoms with Crippen molar-refractivity contribution in [3.05, 3.63) is 12.4 Å².